The van der Waals surface area contributed by atoms with E-state index in [9.17, 15) is 9.59 Å². The van der Waals surface area contributed by atoms with Gasteiger partial charge in [-0.2, -0.15) is 0 Å². The molecule has 1 N–H and O–H groups in total. The Morgan fingerprint density at radius 3 is 2.45 bits per heavy atom. The number of alkyl carbamates (subject to hydrolysis) is 1. The molecule has 7 rings (SSSR count). The minimum atomic E-state index is -0.435. The van der Waals surface area contributed by atoms with E-state index >= 15 is 0 Å². The first-order valence-electron chi connectivity index (χ1n) is 15.5. The molecule has 10 nitrogen and oxygen atoms in total. The Bertz CT molecular complexity index is 1530. The molecule has 1 aromatic carbocycles. The Morgan fingerprint density at radius 1 is 1.05 bits per heavy atom. The van der Waals surface area contributed by atoms with E-state index < -0.39 is 17.7 Å². The lowest BCUT2D eigenvalue weighted by Gasteiger charge is -2.40. The van der Waals surface area contributed by atoms with Gasteiger partial charge in [0.25, 0.3) is 0 Å². The lowest BCUT2D eigenvalue weighted by atomic mass is 9.88. The Kier molecular flexibility index (Phi) is 7.32. The quantitative estimate of drug-likeness (QED) is 0.488. The highest BCUT2D eigenvalue weighted by atomic mass is 35.5. The normalized spacial score (nSPS) is 25.2. The number of carbonyl (C=O) groups is 2. The predicted octanol–water partition coefficient (Wildman–Crippen LogP) is 4.97. The number of rotatable bonds is 6. The van der Waals surface area contributed by atoms with Gasteiger partial charge < -0.3 is 24.6 Å². The van der Waals surface area contributed by atoms with Crippen molar-refractivity contribution in [3.63, 3.8) is 0 Å². The maximum absolute atomic E-state index is 13.3. The molecular weight excluding hydrogens is 580 g/mol. The van der Waals surface area contributed by atoms with Crippen molar-refractivity contribution in [2.75, 3.05) is 39.8 Å². The lowest BCUT2D eigenvalue weighted by molar-refractivity contribution is 0.0380. The minimum absolute atomic E-state index is 0.118. The highest BCUT2D eigenvalue weighted by Gasteiger charge is 2.45. The summed E-state index contributed by atoms with van der Waals surface area (Å²) in [6.45, 7) is 6.94. The lowest BCUT2D eigenvalue weighted by Crippen LogP contribution is -2.51. The molecule has 2 saturated carbocycles. The van der Waals surface area contributed by atoms with E-state index in [-0.39, 0.29) is 23.8 Å². The summed E-state index contributed by atoms with van der Waals surface area (Å²) in [6.07, 6.45) is 8.69. The fourth-order valence-corrected chi connectivity index (χ4v) is 6.58. The number of ether oxygens (including phenoxy) is 2. The van der Waals surface area contributed by atoms with Crippen molar-refractivity contribution in [3.8, 4) is 0 Å². The molecule has 1 unspecified atom stereocenters. The molecule has 0 radical (unpaired) electrons. The Morgan fingerprint density at radius 2 is 1.77 bits per heavy atom. The zero-order valence-corrected chi connectivity index (χ0v) is 26.2. The van der Waals surface area contributed by atoms with Crippen molar-refractivity contribution in [2.45, 2.75) is 68.9 Å². The van der Waals surface area contributed by atoms with Gasteiger partial charge in [-0.1, -0.05) is 23.7 Å². The van der Waals surface area contributed by atoms with Gasteiger partial charge in [0.05, 0.1) is 36.7 Å². The zero-order chi connectivity index (χ0) is 30.6. The first-order valence-corrected chi connectivity index (χ1v) is 15.9. The fourth-order valence-electron chi connectivity index (χ4n) is 6.41. The van der Waals surface area contributed by atoms with Crippen molar-refractivity contribution in [2.24, 2.45) is 4.99 Å². The summed E-state index contributed by atoms with van der Waals surface area (Å²) in [6, 6.07) is 9.26. The Hall–Kier alpha value is -3.63. The number of halogens is 1. The fraction of sp³-hybridized carbons (Fsp3) is 0.515. The molecule has 5 aliphatic rings. The van der Waals surface area contributed by atoms with Crippen LogP contribution in [0.15, 0.2) is 41.5 Å². The molecular formula is C33H39ClN6O4. The van der Waals surface area contributed by atoms with Gasteiger partial charge in [0.2, 0.25) is 0 Å². The van der Waals surface area contributed by atoms with Crippen LogP contribution < -0.4 is 5.32 Å². The van der Waals surface area contributed by atoms with Crippen molar-refractivity contribution in [1.29, 1.82) is 0 Å². The van der Waals surface area contributed by atoms with Gasteiger partial charge in [-0.3, -0.25) is 14.9 Å². The maximum Gasteiger partial charge on any atom is 0.410 e. The largest absolute Gasteiger partial charge is 0.443 e. The van der Waals surface area contributed by atoms with Crippen LogP contribution in [-0.4, -0.2) is 101 Å². The first kappa shape index (κ1) is 29.1. The standard InChI is InChI=1S/C33H39ClN6O4/c1-32(8-9-32)43-30(41)37-28(26-19-35-20-38(26)3)25-17-21-5-4-12-36-27(21)29(23-7-6-22(34)18-24(23)25)39-13-15-40(16-14-39)31(42)44-33(2)10-11-33/h4-7,12,17-18,20,26,28-29H,8-11,13-16,19H2,1-3H3,(H,37,41)/t26?,28-,29+/m1/s1. The average molecular weight is 619 g/mol. The zero-order valence-electron chi connectivity index (χ0n) is 25.5. The molecule has 2 aromatic rings. The number of amides is 2. The van der Waals surface area contributed by atoms with E-state index in [1.807, 2.05) is 61.4 Å². The van der Waals surface area contributed by atoms with Crippen LogP contribution >= 0.6 is 11.6 Å². The van der Waals surface area contributed by atoms with Crippen molar-refractivity contribution in [1.82, 2.24) is 25.0 Å². The van der Waals surface area contributed by atoms with Crippen LogP contribution in [-0.2, 0) is 9.47 Å². The SMILES string of the molecule is CN1C=NCC1[C@H](NC(=O)OC1(C)CC1)C1=Cc2cccnc2[C@@H](N2CCN(C(=O)OC3(C)CC3)CC2)c2ccc(Cl)cc21. The predicted molar refractivity (Wildman–Crippen MR) is 169 cm³/mol. The number of piperazine rings is 1. The summed E-state index contributed by atoms with van der Waals surface area (Å²) in [5.41, 5.74) is 4.12. The molecule has 1 saturated heterocycles. The number of pyridine rings is 1. The van der Waals surface area contributed by atoms with Gasteiger partial charge in [-0.15, -0.1) is 0 Å². The van der Waals surface area contributed by atoms with E-state index in [2.05, 4.69) is 33.4 Å². The van der Waals surface area contributed by atoms with Gasteiger partial charge in [0, 0.05) is 44.4 Å². The van der Waals surface area contributed by atoms with Crippen LogP contribution in [0.2, 0.25) is 5.02 Å². The number of hydrogen-bond acceptors (Lipinski definition) is 8. The summed E-state index contributed by atoms with van der Waals surface area (Å²) in [5.74, 6) is 0. The Balaban J connectivity index is 1.24. The van der Waals surface area contributed by atoms with E-state index in [1.165, 1.54) is 0 Å². The second-order valence-electron chi connectivity index (χ2n) is 13.2. The highest BCUT2D eigenvalue weighted by molar-refractivity contribution is 6.30. The van der Waals surface area contributed by atoms with Crippen LogP contribution in [0.25, 0.3) is 11.6 Å². The molecule has 1 aromatic heterocycles. The van der Waals surface area contributed by atoms with Gasteiger partial charge in [0.15, 0.2) is 0 Å². The number of aliphatic imine (C=N–C) groups is 1. The van der Waals surface area contributed by atoms with Crippen LogP contribution in [0.5, 0.6) is 0 Å². The summed E-state index contributed by atoms with van der Waals surface area (Å²) in [4.78, 5) is 41.9. The smallest absolute Gasteiger partial charge is 0.410 e. The third-order valence-corrected chi connectivity index (χ3v) is 9.89. The highest BCUT2D eigenvalue weighted by Crippen LogP contribution is 2.43. The van der Waals surface area contributed by atoms with Gasteiger partial charge >= 0.3 is 12.2 Å². The maximum atomic E-state index is 13.3. The van der Waals surface area contributed by atoms with E-state index in [0.29, 0.717) is 37.7 Å². The van der Waals surface area contributed by atoms with Crippen LogP contribution in [0.4, 0.5) is 9.59 Å². The molecule has 232 valence electrons. The average Bonchev–Trinajstić information content (AvgIpc) is 3.88. The van der Waals surface area contributed by atoms with Crippen LogP contribution in [0, 0.1) is 0 Å². The van der Waals surface area contributed by atoms with Gasteiger partial charge in [0.1, 0.15) is 11.2 Å². The van der Waals surface area contributed by atoms with Crippen LogP contribution in [0.1, 0.15) is 68.0 Å². The van der Waals surface area contributed by atoms with Crippen LogP contribution in [0.3, 0.4) is 0 Å². The second-order valence-corrected chi connectivity index (χ2v) is 13.7. The number of likely N-dealkylation sites (N-methyl/N-ethyl adjacent to an activating group) is 1. The monoisotopic (exact) mass is 618 g/mol. The third-order valence-electron chi connectivity index (χ3n) is 9.65. The summed E-state index contributed by atoms with van der Waals surface area (Å²) in [5, 5.41) is 3.83. The number of benzene rings is 1. The number of aromatic nitrogens is 1. The number of fused-ring (bicyclic) bond motifs is 2. The molecule has 11 heteroatoms. The molecule has 2 aliphatic heterocycles. The van der Waals surface area contributed by atoms with Crippen molar-refractivity contribution >= 4 is 41.8 Å². The molecule has 3 heterocycles. The molecule has 3 fully saturated rings. The summed E-state index contributed by atoms with van der Waals surface area (Å²) >= 11 is 6.68. The van der Waals surface area contributed by atoms with E-state index in [1.54, 1.807) is 0 Å². The van der Waals surface area contributed by atoms with E-state index in [0.717, 1.165) is 53.6 Å². The Labute approximate surface area is 263 Å². The van der Waals surface area contributed by atoms with Gasteiger partial charge in [-0.25, -0.2) is 9.59 Å². The molecule has 3 aliphatic carbocycles. The molecule has 0 bridgehead atoms. The second kappa shape index (κ2) is 11.1. The minimum Gasteiger partial charge on any atom is -0.443 e. The number of nitrogens with one attached hydrogen (secondary N) is 1. The molecule has 3 atom stereocenters. The topological polar surface area (TPSA) is 99.6 Å². The number of nitrogens with zero attached hydrogens (tertiary/aromatic N) is 5. The first-order chi connectivity index (χ1) is 21.1. The number of hydrogen-bond donors (Lipinski definition) is 1. The van der Waals surface area contributed by atoms with E-state index in [4.69, 9.17) is 26.1 Å². The summed E-state index contributed by atoms with van der Waals surface area (Å²) in [7, 11) is 1.98. The summed E-state index contributed by atoms with van der Waals surface area (Å²) < 4.78 is 11.6. The van der Waals surface area contributed by atoms with Crippen molar-refractivity contribution < 1.29 is 19.1 Å². The molecule has 2 amide bonds. The number of carbonyl (C=O) groups excluding carboxylic acids is 2. The third kappa shape index (κ3) is 5.77. The van der Waals surface area contributed by atoms with Crippen molar-refractivity contribution in [3.05, 3.63) is 63.9 Å². The molecule has 0 spiro atoms. The van der Waals surface area contributed by atoms with Gasteiger partial charge in [-0.05, 0) is 86.1 Å². The molecule has 44 heavy (non-hydrogen) atoms.